The summed E-state index contributed by atoms with van der Waals surface area (Å²) < 4.78 is 0. The predicted octanol–water partition coefficient (Wildman–Crippen LogP) is 2.88. The van der Waals surface area contributed by atoms with Gasteiger partial charge in [0.25, 0.3) is 0 Å². The van der Waals surface area contributed by atoms with Crippen LogP contribution in [0.2, 0.25) is 0 Å². The van der Waals surface area contributed by atoms with Gasteiger partial charge in [0, 0.05) is 24.2 Å². The maximum absolute atomic E-state index is 3.66. The molecule has 0 aliphatic carbocycles. The van der Waals surface area contributed by atoms with Crippen molar-refractivity contribution in [3.05, 3.63) is 0 Å². The minimum atomic E-state index is 0.232. The van der Waals surface area contributed by atoms with E-state index in [0.717, 1.165) is 18.5 Å². The topological polar surface area (TPSA) is 15.3 Å². The summed E-state index contributed by atoms with van der Waals surface area (Å²) in [5.74, 6) is 0.732. The van der Waals surface area contributed by atoms with Gasteiger partial charge < -0.3 is 5.32 Å². The number of nitrogens with one attached hydrogen (secondary N) is 1. The highest BCUT2D eigenvalue weighted by Crippen LogP contribution is 2.23. The summed E-state index contributed by atoms with van der Waals surface area (Å²) in [6, 6.07) is 1.46. The second-order valence-electron chi connectivity index (χ2n) is 6.67. The molecule has 1 aliphatic heterocycles. The number of rotatable bonds is 4. The van der Waals surface area contributed by atoms with E-state index >= 15 is 0 Å². The van der Waals surface area contributed by atoms with Crippen molar-refractivity contribution < 1.29 is 0 Å². The molecule has 0 amide bonds. The lowest BCUT2D eigenvalue weighted by Crippen LogP contribution is -2.50. The fourth-order valence-electron chi connectivity index (χ4n) is 2.59. The highest BCUT2D eigenvalue weighted by Gasteiger charge is 2.30. The Morgan fingerprint density at radius 3 is 2.31 bits per heavy atom. The molecule has 1 rings (SSSR count). The van der Waals surface area contributed by atoms with Crippen LogP contribution in [0.25, 0.3) is 0 Å². The van der Waals surface area contributed by atoms with E-state index in [0.29, 0.717) is 6.04 Å². The van der Waals surface area contributed by atoms with E-state index in [1.165, 1.54) is 19.4 Å². The van der Waals surface area contributed by atoms with Crippen LogP contribution >= 0.6 is 0 Å². The van der Waals surface area contributed by atoms with Gasteiger partial charge in [-0.15, -0.1) is 0 Å². The third-order valence-corrected chi connectivity index (χ3v) is 3.64. The van der Waals surface area contributed by atoms with E-state index < -0.39 is 0 Å². The number of nitrogens with zero attached hydrogens (tertiary/aromatic N) is 1. The minimum Gasteiger partial charge on any atom is -0.311 e. The van der Waals surface area contributed by atoms with E-state index in [4.69, 9.17) is 0 Å². The molecule has 0 radical (unpaired) electrons. The zero-order valence-corrected chi connectivity index (χ0v) is 12.0. The van der Waals surface area contributed by atoms with Gasteiger partial charge in [0.05, 0.1) is 0 Å². The highest BCUT2D eigenvalue weighted by molar-refractivity contribution is 4.87. The lowest BCUT2D eigenvalue weighted by Gasteiger charge is -2.36. The molecule has 0 aromatic carbocycles. The smallest absolute Gasteiger partial charge is 0.0246 e. The Hall–Kier alpha value is -0.0800. The maximum atomic E-state index is 3.66. The molecule has 2 unspecified atom stereocenters. The first-order valence-corrected chi connectivity index (χ1v) is 6.82. The fourth-order valence-corrected chi connectivity index (χ4v) is 2.59. The first-order valence-electron chi connectivity index (χ1n) is 6.82. The standard InChI is InChI=1S/C14H30N2/c1-11(2)13(10-15-14(4,5)6)16-9-7-8-12(16)3/h11-13,15H,7-10H2,1-6H3. The monoisotopic (exact) mass is 226 g/mol. The van der Waals surface area contributed by atoms with E-state index in [1.54, 1.807) is 0 Å². The largest absolute Gasteiger partial charge is 0.311 e. The minimum absolute atomic E-state index is 0.232. The summed E-state index contributed by atoms with van der Waals surface area (Å²) in [5.41, 5.74) is 0.232. The highest BCUT2D eigenvalue weighted by atomic mass is 15.2. The Kier molecular flexibility index (Phi) is 4.81. The summed E-state index contributed by atoms with van der Waals surface area (Å²) in [5, 5.41) is 3.66. The Morgan fingerprint density at radius 2 is 1.94 bits per heavy atom. The molecule has 2 nitrogen and oxygen atoms in total. The summed E-state index contributed by atoms with van der Waals surface area (Å²) in [4.78, 5) is 2.70. The van der Waals surface area contributed by atoms with Crippen LogP contribution in [0.5, 0.6) is 0 Å². The number of hydrogen-bond acceptors (Lipinski definition) is 2. The van der Waals surface area contributed by atoms with Gasteiger partial charge in [0.15, 0.2) is 0 Å². The molecular weight excluding hydrogens is 196 g/mol. The molecule has 1 N–H and O–H groups in total. The molecule has 2 atom stereocenters. The third kappa shape index (κ3) is 4.06. The lowest BCUT2D eigenvalue weighted by atomic mass is 10.00. The molecule has 1 saturated heterocycles. The SMILES string of the molecule is CC(C)C(CNC(C)(C)C)N1CCCC1C. The van der Waals surface area contributed by atoms with Crippen molar-refractivity contribution >= 4 is 0 Å². The lowest BCUT2D eigenvalue weighted by molar-refractivity contribution is 0.138. The van der Waals surface area contributed by atoms with Gasteiger partial charge in [-0.3, -0.25) is 4.90 Å². The molecular formula is C14H30N2. The average molecular weight is 226 g/mol. The number of likely N-dealkylation sites (tertiary alicyclic amines) is 1. The van der Waals surface area contributed by atoms with E-state index in [2.05, 4.69) is 51.8 Å². The molecule has 0 spiro atoms. The second kappa shape index (κ2) is 5.50. The van der Waals surface area contributed by atoms with Gasteiger partial charge in [-0.2, -0.15) is 0 Å². The summed E-state index contributed by atoms with van der Waals surface area (Å²) in [6.07, 6.45) is 2.75. The first kappa shape index (κ1) is 14.0. The quantitative estimate of drug-likeness (QED) is 0.793. The summed E-state index contributed by atoms with van der Waals surface area (Å²) in [6.45, 7) is 16.2. The summed E-state index contributed by atoms with van der Waals surface area (Å²) in [7, 11) is 0. The van der Waals surface area contributed by atoms with Gasteiger partial charge >= 0.3 is 0 Å². The molecule has 0 bridgehead atoms. The van der Waals surface area contributed by atoms with Gasteiger partial charge in [-0.1, -0.05) is 13.8 Å². The van der Waals surface area contributed by atoms with E-state index in [-0.39, 0.29) is 5.54 Å². The van der Waals surface area contributed by atoms with Crippen molar-refractivity contribution in [2.24, 2.45) is 5.92 Å². The summed E-state index contributed by atoms with van der Waals surface area (Å²) >= 11 is 0. The molecule has 0 saturated carbocycles. The first-order chi connectivity index (χ1) is 7.31. The zero-order chi connectivity index (χ0) is 12.3. The van der Waals surface area contributed by atoms with Gasteiger partial charge in [-0.05, 0) is 53.0 Å². The number of hydrogen-bond donors (Lipinski definition) is 1. The Morgan fingerprint density at radius 1 is 1.31 bits per heavy atom. The van der Waals surface area contributed by atoms with Crippen molar-refractivity contribution in [3.63, 3.8) is 0 Å². The predicted molar refractivity (Wildman–Crippen MR) is 71.8 cm³/mol. The zero-order valence-electron chi connectivity index (χ0n) is 12.0. The van der Waals surface area contributed by atoms with E-state index in [1.807, 2.05) is 0 Å². The van der Waals surface area contributed by atoms with Crippen LogP contribution in [0.4, 0.5) is 0 Å². The van der Waals surface area contributed by atoms with Crippen molar-refractivity contribution in [2.75, 3.05) is 13.1 Å². The van der Waals surface area contributed by atoms with Crippen molar-refractivity contribution in [3.8, 4) is 0 Å². The van der Waals surface area contributed by atoms with Gasteiger partial charge in [0.1, 0.15) is 0 Å². The van der Waals surface area contributed by atoms with Crippen molar-refractivity contribution in [2.45, 2.75) is 72.0 Å². The van der Waals surface area contributed by atoms with Crippen molar-refractivity contribution in [1.29, 1.82) is 0 Å². The van der Waals surface area contributed by atoms with Crippen molar-refractivity contribution in [1.82, 2.24) is 10.2 Å². The molecule has 16 heavy (non-hydrogen) atoms. The van der Waals surface area contributed by atoms with Gasteiger partial charge in [0.2, 0.25) is 0 Å². The normalized spacial score (nSPS) is 25.3. The van der Waals surface area contributed by atoms with Crippen LogP contribution in [0.15, 0.2) is 0 Å². The maximum Gasteiger partial charge on any atom is 0.0246 e. The van der Waals surface area contributed by atoms with Crippen LogP contribution in [-0.4, -0.2) is 35.6 Å². The Bertz CT molecular complexity index is 205. The molecule has 2 heteroatoms. The molecule has 1 aliphatic rings. The third-order valence-electron chi connectivity index (χ3n) is 3.64. The van der Waals surface area contributed by atoms with Gasteiger partial charge in [-0.25, -0.2) is 0 Å². The Balaban J connectivity index is 2.54. The van der Waals surface area contributed by atoms with Crippen LogP contribution in [0, 0.1) is 5.92 Å². The van der Waals surface area contributed by atoms with Crippen LogP contribution in [0.1, 0.15) is 54.4 Å². The molecule has 1 heterocycles. The van der Waals surface area contributed by atoms with Crippen LogP contribution in [0.3, 0.4) is 0 Å². The second-order valence-corrected chi connectivity index (χ2v) is 6.67. The average Bonchev–Trinajstić information content (AvgIpc) is 2.50. The van der Waals surface area contributed by atoms with Crippen LogP contribution < -0.4 is 5.32 Å². The Labute approximate surface area is 102 Å². The molecule has 1 fully saturated rings. The van der Waals surface area contributed by atoms with E-state index in [9.17, 15) is 0 Å². The molecule has 0 aromatic heterocycles. The van der Waals surface area contributed by atoms with Crippen LogP contribution in [-0.2, 0) is 0 Å². The fraction of sp³-hybridized carbons (Fsp3) is 1.00. The molecule has 0 aromatic rings. The molecule has 96 valence electrons.